The van der Waals surface area contributed by atoms with Crippen LogP contribution in [0.1, 0.15) is 48.7 Å². The number of alkyl halides is 3. The summed E-state index contributed by atoms with van der Waals surface area (Å²) in [6.45, 7) is 3.57. The smallest absolute Gasteiger partial charge is 0.363 e. The number of nitriles is 1. The number of nitrogens with zero attached hydrogens (tertiary/aromatic N) is 4. The van der Waals surface area contributed by atoms with Gasteiger partial charge in [-0.15, -0.1) is 0 Å². The van der Waals surface area contributed by atoms with E-state index in [1.54, 1.807) is 24.3 Å². The van der Waals surface area contributed by atoms with E-state index in [0.717, 1.165) is 0 Å². The van der Waals surface area contributed by atoms with Crippen molar-refractivity contribution in [1.82, 2.24) is 20.0 Å². The number of nitrogens with one attached hydrogen (secondary N) is 3. The third kappa shape index (κ3) is 4.77. The molecule has 0 bridgehead atoms. The maximum Gasteiger partial charge on any atom is 0.435 e. The molecule has 1 aromatic carbocycles. The quantitative estimate of drug-likeness (QED) is 0.437. The van der Waals surface area contributed by atoms with E-state index in [0.29, 0.717) is 28.6 Å². The molecule has 0 spiro atoms. The standard InChI is InChI=1S/C20H21ClF3N7/c1-4-11(2)16-15(17(20(22,23)24)30-31(16)3)10-26-18-14(9-25)19(29-28-18)27-13-7-5-6-12(21)8-13/h5-8,11H,4,10H2,1-3H3,(H3,26,27,28,29). The van der Waals surface area contributed by atoms with Gasteiger partial charge in [0.2, 0.25) is 0 Å². The summed E-state index contributed by atoms with van der Waals surface area (Å²) in [4.78, 5) is 0. The van der Waals surface area contributed by atoms with Crippen LogP contribution in [-0.2, 0) is 19.8 Å². The van der Waals surface area contributed by atoms with Gasteiger partial charge in [0, 0.05) is 35.6 Å². The zero-order valence-corrected chi connectivity index (χ0v) is 17.9. The maximum atomic E-state index is 13.6. The Hall–Kier alpha value is -3.19. The number of hydrogen-bond donors (Lipinski definition) is 3. The number of anilines is 3. The molecule has 0 aliphatic carbocycles. The van der Waals surface area contributed by atoms with Gasteiger partial charge in [0.15, 0.2) is 11.5 Å². The van der Waals surface area contributed by atoms with Crippen LogP contribution in [0.4, 0.5) is 30.5 Å². The van der Waals surface area contributed by atoms with Crippen molar-refractivity contribution in [3.05, 3.63) is 51.8 Å². The average molecular weight is 452 g/mol. The van der Waals surface area contributed by atoms with E-state index in [1.807, 2.05) is 19.9 Å². The Labute approximate surface area is 182 Å². The van der Waals surface area contributed by atoms with Gasteiger partial charge >= 0.3 is 6.18 Å². The first-order valence-electron chi connectivity index (χ1n) is 9.53. The Balaban J connectivity index is 1.90. The van der Waals surface area contributed by atoms with Crippen LogP contribution in [-0.4, -0.2) is 20.0 Å². The van der Waals surface area contributed by atoms with E-state index >= 15 is 0 Å². The summed E-state index contributed by atoms with van der Waals surface area (Å²) >= 11 is 5.97. The molecule has 0 fully saturated rings. The van der Waals surface area contributed by atoms with Gasteiger partial charge in [0.1, 0.15) is 17.5 Å². The SMILES string of the molecule is CCC(C)c1c(CNc2n[nH]c(Nc3cccc(Cl)c3)c2C#N)c(C(F)(F)F)nn1C. The highest BCUT2D eigenvalue weighted by Crippen LogP contribution is 2.36. The molecular formula is C20H21ClF3N7. The maximum absolute atomic E-state index is 13.6. The van der Waals surface area contributed by atoms with Gasteiger partial charge in [0.25, 0.3) is 0 Å². The first-order valence-corrected chi connectivity index (χ1v) is 9.91. The van der Waals surface area contributed by atoms with E-state index in [2.05, 4.69) is 25.9 Å². The highest BCUT2D eigenvalue weighted by atomic mass is 35.5. The van der Waals surface area contributed by atoms with E-state index in [1.165, 1.54) is 11.7 Å². The number of hydrogen-bond acceptors (Lipinski definition) is 5. The van der Waals surface area contributed by atoms with Crippen LogP contribution in [0.15, 0.2) is 24.3 Å². The molecule has 0 amide bonds. The third-order valence-corrected chi connectivity index (χ3v) is 5.18. The van der Waals surface area contributed by atoms with E-state index in [9.17, 15) is 18.4 Å². The van der Waals surface area contributed by atoms with Crippen LogP contribution in [0.3, 0.4) is 0 Å². The van der Waals surface area contributed by atoms with E-state index in [4.69, 9.17) is 11.6 Å². The Morgan fingerprint density at radius 1 is 1.35 bits per heavy atom. The summed E-state index contributed by atoms with van der Waals surface area (Å²) in [7, 11) is 1.50. The predicted octanol–water partition coefficient (Wildman–Crippen LogP) is 5.56. The first kappa shape index (κ1) is 22.5. The Bertz CT molecular complexity index is 1110. The van der Waals surface area contributed by atoms with Gasteiger partial charge < -0.3 is 10.6 Å². The highest BCUT2D eigenvalue weighted by Gasteiger charge is 2.39. The second-order valence-corrected chi connectivity index (χ2v) is 7.50. The molecule has 0 radical (unpaired) electrons. The molecule has 1 atom stereocenters. The van der Waals surface area contributed by atoms with Crippen LogP contribution in [0.2, 0.25) is 5.02 Å². The molecule has 0 aliphatic heterocycles. The molecule has 164 valence electrons. The molecule has 2 heterocycles. The number of aryl methyl sites for hydroxylation is 1. The predicted molar refractivity (Wildman–Crippen MR) is 112 cm³/mol. The summed E-state index contributed by atoms with van der Waals surface area (Å²) in [6, 6.07) is 8.89. The highest BCUT2D eigenvalue weighted by molar-refractivity contribution is 6.30. The number of aromatic nitrogens is 4. The van der Waals surface area contributed by atoms with E-state index in [-0.39, 0.29) is 29.4 Å². The second kappa shape index (κ2) is 8.89. The van der Waals surface area contributed by atoms with Crippen LogP contribution < -0.4 is 10.6 Å². The van der Waals surface area contributed by atoms with Crippen molar-refractivity contribution in [2.24, 2.45) is 7.05 Å². The molecule has 0 saturated heterocycles. The van der Waals surface area contributed by atoms with Gasteiger partial charge in [0.05, 0.1) is 0 Å². The minimum absolute atomic E-state index is 0.0422. The van der Waals surface area contributed by atoms with E-state index < -0.39 is 11.9 Å². The van der Waals surface area contributed by atoms with Crippen LogP contribution in [0, 0.1) is 11.3 Å². The molecule has 3 N–H and O–H groups in total. The van der Waals surface area contributed by atoms with Crippen molar-refractivity contribution in [2.75, 3.05) is 10.6 Å². The third-order valence-electron chi connectivity index (χ3n) is 4.95. The summed E-state index contributed by atoms with van der Waals surface area (Å²) in [6.07, 6.45) is -3.94. The average Bonchev–Trinajstić information content (AvgIpc) is 3.25. The van der Waals surface area contributed by atoms with Crippen molar-refractivity contribution in [1.29, 1.82) is 5.26 Å². The fourth-order valence-corrected chi connectivity index (χ4v) is 3.53. The molecule has 31 heavy (non-hydrogen) atoms. The molecule has 7 nitrogen and oxygen atoms in total. The Morgan fingerprint density at radius 3 is 2.71 bits per heavy atom. The molecule has 3 aromatic rings. The van der Waals surface area contributed by atoms with Crippen molar-refractivity contribution in [3.63, 3.8) is 0 Å². The minimum atomic E-state index is -4.59. The van der Waals surface area contributed by atoms with Crippen LogP contribution in [0.25, 0.3) is 0 Å². The zero-order chi connectivity index (χ0) is 22.8. The molecule has 1 unspecified atom stereocenters. The fraction of sp³-hybridized carbons (Fsp3) is 0.350. The van der Waals surface area contributed by atoms with Gasteiger partial charge in [-0.2, -0.15) is 28.6 Å². The second-order valence-electron chi connectivity index (χ2n) is 7.07. The molecular weight excluding hydrogens is 431 g/mol. The van der Waals surface area contributed by atoms with Gasteiger partial charge in [-0.1, -0.05) is 31.5 Å². The van der Waals surface area contributed by atoms with Crippen molar-refractivity contribution in [3.8, 4) is 6.07 Å². The summed E-state index contributed by atoms with van der Waals surface area (Å²) in [5, 5.41) is 26.4. The Morgan fingerprint density at radius 2 is 2.10 bits per heavy atom. The molecule has 2 aromatic heterocycles. The lowest BCUT2D eigenvalue weighted by Crippen LogP contribution is -2.13. The van der Waals surface area contributed by atoms with Crippen molar-refractivity contribution in [2.45, 2.75) is 38.9 Å². The number of rotatable bonds is 7. The summed E-state index contributed by atoms with van der Waals surface area (Å²) in [5.41, 5.74) is 0.366. The largest absolute Gasteiger partial charge is 0.435 e. The summed E-state index contributed by atoms with van der Waals surface area (Å²) in [5.74, 6) is 0.316. The number of halogens is 4. The number of aromatic amines is 1. The lowest BCUT2D eigenvalue weighted by molar-refractivity contribution is -0.142. The number of H-pyrrole nitrogens is 1. The minimum Gasteiger partial charge on any atom is -0.363 e. The lowest BCUT2D eigenvalue weighted by Gasteiger charge is -2.14. The number of benzene rings is 1. The fourth-order valence-electron chi connectivity index (χ4n) is 3.34. The van der Waals surface area contributed by atoms with Crippen LogP contribution in [0.5, 0.6) is 0 Å². The van der Waals surface area contributed by atoms with Crippen molar-refractivity contribution >= 4 is 28.9 Å². The van der Waals surface area contributed by atoms with Gasteiger partial charge in [-0.3, -0.25) is 9.78 Å². The molecule has 3 rings (SSSR count). The summed E-state index contributed by atoms with van der Waals surface area (Å²) < 4.78 is 42.0. The van der Waals surface area contributed by atoms with Gasteiger partial charge in [-0.05, 0) is 30.5 Å². The lowest BCUT2D eigenvalue weighted by atomic mass is 9.99. The monoisotopic (exact) mass is 451 g/mol. The normalized spacial score (nSPS) is 12.5. The Kier molecular flexibility index (Phi) is 6.45. The van der Waals surface area contributed by atoms with Crippen molar-refractivity contribution < 1.29 is 13.2 Å². The van der Waals surface area contributed by atoms with Gasteiger partial charge in [-0.25, -0.2) is 0 Å². The topological polar surface area (TPSA) is 94.3 Å². The molecule has 0 saturated carbocycles. The molecule has 0 aliphatic rings. The van der Waals surface area contributed by atoms with Crippen LogP contribution >= 0.6 is 11.6 Å². The zero-order valence-electron chi connectivity index (χ0n) is 17.1. The molecule has 11 heteroatoms. The first-order chi connectivity index (χ1) is 14.7.